The number of anilines is 1. The number of carbonyl (C=O) groups is 1. The van der Waals surface area contributed by atoms with Crippen LogP contribution in [0, 0.1) is 0 Å². The topological polar surface area (TPSA) is 58.6 Å². The molecule has 0 aliphatic carbocycles. The molecule has 98 valence electrons. The zero-order chi connectivity index (χ0) is 13.1. The highest BCUT2D eigenvalue weighted by Gasteiger charge is 2.24. The first kappa shape index (κ1) is 12.8. The Labute approximate surface area is 107 Å². The highest BCUT2D eigenvalue weighted by atomic mass is 16.5. The van der Waals surface area contributed by atoms with E-state index >= 15 is 0 Å². The molecule has 0 aromatic carbocycles. The number of carbonyl (C=O) groups excluding carboxylic acids is 1. The van der Waals surface area contributed by atoms with Crippen molar-refractivity contribution >= 4 is 11.9 Å². The lowest BCUT2D eigenvalue weighted by Crippen LogP contribution is -2.41. The largest absolute Gasteiger partial charge is 0.368 e. The molecule has 1 aliphatic heterocycles. The first-order valence-electron chi connectivity index (χ1n) is 5.95. The smallest absolute Gasteiger partial charge is 0.225 e. The van der Waals surface area contributed by atoms with Gasteiger partial charge in [0, 0.05) is 33.8 Å². The molecule has 1 atom stereocenters. The van der Waals surface area contributed by atoms with Crippen molar-refractivity contribution in [1.82, 2.24) is 14.9 Å². The third-order valence-corrected chi connectivity index (χ3v) is 2.91. The van der Waals surface area contributed by atoms with Gasteiger partial charge in [-0.05, 0) is 6.07 Å². The van der Waals surface area contributed by atoms with Crippen LogP contribution in [0.3, 0.4) is 0 Å². The predicted octanol–water partition coefficient (Wildman–Crippen LogP) is 0.462. The summed E-state index contributed by atoms with van der Waals surface area (Å²) in [6.07, 6.45) is 1.55. The average Bonchev–Trinajstić information content (AvgIpc) is 2.39. The molecule has 0 spiro atoms. The summed E-state index contributed by atoms with van der Waals surface area (Å²) in [6, 6.07) is 1.83. The van der Waals surface area contributed by atoms with Crippen molar-refractivity contribution < 1.29 is 9.53 Å². The summed E-state index contributed by atoms with van der Waals surface area (Å²) in [7, 11) is 3.78. The molecule has 2 heterocycles. The van der Waals surface area contributed by atoms with E-state index in [4.69, 9.17) is 4.74 Å². The Bertz CT molecular complexity index is 436. The molecule has 0 bridgehead atoms. The molecule has 0 saturated carbocycles. The first-order chi connectivity index (χ1) is 8.58. The van der Waals surface area contributed by atoms with E-state index in [1.165, 1.54) is 0 Å². The third-order valence-electron chi connectivity index (χ3n) is 2.91. The number of rotatable bonds is 2. The number of nitrogens with zero attached hydrogens (tertiary/aromatic N) is 4. The van der Waals surface area contributed by atoms with Crippen LogP contribution in [0.15, 0.2) is 12.3 Å². The Morgan fingerprint density at radius 3 is 3.00 bits per heavy atom. The summed E-state index contributed by atoms with van der Waals surface area (Å²) in [5, 5.41) is 0. The van der Waals surface area contributed by atoms with E-state index in [0.717, 1.165) is 5.69 Å². The van der Waals surface area contributed by atoms with Crippen LogP contribution in [0.1, 0.15) is 18.7 Å². The molecule has 6 nitrogen and oxygen atoms in total. The number of hydrogen-bond acceptors (Lipinski definition) is 5. The Morgan fingerprint density at radius 2 is 2.33 bits per heavy atom. The highest BCUT2D eigenvalue weighted by molar-refractivity contribution is 5.73. The molecule has 6 heteroatoms. The van der Waals surface area contributed by atoms with E-state index in [0.29, 0.717) is 25.6 Å². The molecule has 1 aliphatic rings. The van der Waals surface area contributed by atoms with Gasteiger partial charge in [-0.2, -0.15) is 0 Å². The lowest BCUT2D eigenvalue weighted by molar-refractivity contribution is -0.136. The number of aromatic nitrogens is 2. The molecule has 1 amide bonds. The van der Waals surface area contributed by atoms with Crippen molar-refractivity contribution in [1.29, 1.82) is 0 Å². The average molecular weight is 250 g/mol. The summed E-state index contributed by atoms with van der Waals surface area (Å²) in [4.78, 5) is 23.6. The molecule has 1 aromatic rings. The van der Waals surface area contributed by atoms with Crippen LogP contribution >= 0.6 is 0 Å². The SMILES string of the molecule is CC(=O)N1CCO[C@H](c2ccnc(N(C)C)n2)C1. The van der Waals surface area contributed by atoms with Gasteiger partial charge in [-0.3, -0.25) is 4.79 Å². The normalized spacial score (nSPS) is 19.7. The van der Waals surface area contributed by atoms with Gasteiger partial charge >= 0.3 is 0 Å². The molecule has 0 N–H and O–H groups in total. The maximum Gasteiger partial charge on any atom is 0.225 e. The molecular formula is C12H18N4O2. The Hall–Kier alpha value is -1.69. The van der Waals surface area contributed by atoms with Crippen molar-refractivity contribution in [3.63, 3.8) is 0 Å². The first-order valence-corrected chi connectivity index (χ1v) is 5.95. The fourth-order valence-corrected chi connectivity index (χ4v) is 1.87. The molecule has 0 unspecified atom stereocenters. The number of hydrogen-bond donors (Lipinski definition) is 0. The maximum absolute atomic E-state index is 11.4. The second kappa shape index (κ2) is 5.30. The summed E-state index contributed by atoms with van der Waals surface area (Å²) in [6.45, 7) is 3.33. The van der Waals surface area contributed by atoms with Crippen LogP contribution in [0.5, 0.6) is 0 Å². The minimum atomic E-state index is -0.163. The zero-order valence-corrected chi connectivity index (χ0v) is 11.0. The Morgan fingerprint density at radius 1 is 1.56 bits per heavy atom. The lowest BCUT2D eigenvalue weighted by Gasteiger charge is -2.32. The van der Waals surface area contributed by atoms with Gasteiger partial charge in [0.1, 0.15) is 6.10 Å². The van der Waals surface area contributed by atoms with Gasteiger partial charge in [0.15, 0.2) is 0 Å². The van der Waals surface area contributed by atoms with Crippen molar-refractivity contribution in [3.05, 3.63) is 18.0 Å². The minimum Gasteiger partial charge on any atom is -0.368 e. The van der Waals surface area contributed by atoms with Gasteiger partial charge < -0.3 is 14.5 Å². The van der Waals surface area contributed by atoms with Crippen LogP contribution in [0.2, 0.25) is 0 Å². The van der Waals surface area contributed by atoms with Crippen LogP contribution in [-0.4, -0.2) is 54.6 Å². The molecule has 1 saturated heterocycles. The van der Waals surface area contributed by atoms with Gasteiger partial charge in [0.05, 0.1) is 18.8 Å². The lowest BCUT2D eigenvalue weighted by atomic mass is 10.2. The van der Waals surface area contributed by atoms with Gasteiger partial charge in [-0.1, -0.05) is 0 Å². The van der Waals surface area contributed by atoms with E-state index in [9.17, 15) is 4.79 Å². The van der Waals surface area contributed by atoms with Crippen LogP contribution in [0.4, 0.5) is 5.95 Å². The van der Waals surface area contributed by atoms with E-state index in [2.05, 4.69) is 9.97 Å². The van der Waals surface area contributed by atoms with E-state index in [1.54, 1.807) is 18.0 Å². The number of amides is 1. The predicted molar refractivity (Wildman–Crippen MR) is 67.3 cm³/mol. The molecule has 18 heavy (non-hydrogen) atoms. The fourth-order valence-electron chi connectivity index (χ4n) is 1.87. The number of morpholine rings is 1. The zero-order valence-electron chi connectivity index (χ0n) is 11.0. The third kappa shape index (κ3) is 2.76. The van der Waals surface area contributed by atoms with Gasteiger partial charge in [0.25, 0.3) is 0 Å². The quantitative estimate of drug-likeness (QED) is 0.763. The van der Waals surface area contributed by atoms with Crippen molar-refractivity contribution in [3.8, 4) is 0 Å². The molecule has 1 aromatic heterocycles. The minimum absolute atomic E-state index is 0.0742. The molecular weight excluding hydrogens is 232 g/mol. The van der Waals surface area contributed by atoms with Gasteiger partial charge in [-0.25, -0.2) is 9.97 Å². The van der Waals surface area contributed by atoms with E-state index < -0.39 is 0 Å². The molecule has 2 rings (SSSR count). The molecule has 1 fully saturated rings. The standard InChI is InChI=1S/C12H18N4O2/c1-9(17)16-6-7-18-11(8-16)10-4-5-13-12(14-10)15(2)3/h4-5,11H,6-8H2,1-3H3/t11-/m0/s1. The Kier molecular flexibility index (Phi) is 3.76. The van der Waals surface area contributed by atoms with E-state index in [-0.39, 0.29) is 12.0 Å². The van der Waals surface area contributed by atoms with Crippen molar-refractivity contribution in [2.75, 3.05) is 38.7 Å². The van der Waals surface area contributed by atoms with Crippen LogP contribution in [-0.2, 0) is 9.53 Å². The highest BCUT2D eigenvalue weighted by Crippen LogP contribution is 2.21. The second-order valence-corrected chi connectivity index (χ2v) is 4.50. The maximum atomic E-state index is 11.4. The van der Waals surface area contributed by atoms with Crippen LogP contribution in [0.25, 0.3) is 0 Å². The Balaban J connectivity index is 2.15. The summed E-state index contributed by atoms with van der Waals surface area (Å²) < 4.78 is 5.68. The summed E-state index contributed by atoms with van der Waals surface area (Å²) >= 11 is 0. The van der Waals surface area contributed by atoms with E-state index in [1.807, 2.05) is 25.1 Å². The van der Waals surface area contributed by atoms with Gasteiger partial charge in [-0.15, -0.1) is 0 Å². The van der Waals surface area contributed by atoms with Gasteiger partial charge in [0.2, 0.25) is 11.9 Å². The molecule has 0 radical (unpaired) electrons. The second-order valence-electron chi connectivity index (χ2n) is 4.50. The summed E-state index contributed by atoms with van der Waals surface area (Å²) in [5.74, 6) is 0.723. The van der Waals surface area contributed by atoms with Crippen molar-refractivity contribution in [2.24, 2.45) is 0 Å². The summed E-state index contributed by atoms with van der Waals surface area (Å²) in [5.41, 5.74) is 0.819. The monoisotopic (exact) mass is 250 g/mol. The van der Waals surface area contributed by atoms with Crippen LogP contribution < -0.4 is 4.90 Å². The van der Waals surface area contributed by atoms with Crippen molar-refractivity contribution in [2.45, 2.75) is 13.0 Å². The number of ether oxygens (including phenoxy) is 1. The fraction of sp³-hybridized carbons (Fsp3) is 0.583.